The zero-order valence-corrected chi connectivity index (χ0v) is 12.6. The number of carbonyl (C=O) groups excluding carboxylic acids is 1. The number of hydrogen-bond donors (Lipinski definition) is 3. The van der Waals surface area contributed by atoms with Crippen LogP contribution in [0.25, 0.3) is 0 Å². The number of likely N-dealkylation sites (N-methyl/N-ethyl adjacent to an activating group) is 1. The summed E-state index contributed by atoms with van der Waals surface area (Å²) < 4.78 is 27.9. The molecular weight excluding hydrogens is 309 g/mol. The van der Waals surface area contributed by atoms with Gasteiger partial charge in [0.2, 0.25) is 12.8 Å². The molecule has 0 aliphatic rings. The molecule has 12 heteroatoms. The molecule has 0 aromatic heterocycles. The molecule has 4 N–H and O–H groups in total. The summed E-state index contributed by atoms with van der Waals surface area (Å²) in [7, 11) is -3.29. The molecule has 0 aromatic carbocycles. The Morgan fingerprint density at radius 2 is 2.00 bits per heavy atom. The highest BCUT2D eigenvalue weighted by molar-refractivity contribution is 7.51. The predicted molar refractivity (Wildman–Crippen MR) is 70.4 cm³/mol. The number of carboxylic acid groups (broad SMARTS) is 1. The van der Waals surface area contributed by atoms with Crippen LogP contribution in [0.2, 0.25) is 0 Å². The lowest BCUT2D eigenvalue weighted by Crippen LogP contribution is -2.37. The molecule has 122 valence electrons. The Morgan fingerprint density at radius 3 is 2.48 bits per heavy atom. The maximum Gasteiger partial charge on any atom is 0.510 e. The highest BCUT2D eigenvalue weighted by Crippen LogP contribution is 2.43. The molecule has 0 spiro atoms. The summed E-state index contributed by atoms with van der Waals surface area (Å²) in [6.07, 6.45) is -1.50. The average molecular weight is 327 g/mol. The molecule has 0 amide bonds. The summed E-state index contributed by atoms with van der Waals surface area (Å²) in [4.78, 5) is 31.6. The van der Waals surface area contributed by atoms with Gasteiger partial charge >= 0.3 is 19.9 Å². The van der Waals surface area contributed by atoms with Crippen LogP contribution < -0.4 is 5.73 Å². The van der Waals surface area contributed by atoms with Crippen LogP contribution in [0, 0.1) is 0 Å². The minimum Gasteiger partial charge on any atom is -0.480 e. The standard InChI is InChI=1S/C9H18N3O8P/c1-6(2)20-9(15)18-5-19-21(16,17)11-8(10)12(3)4-7(13)14/h6H,4-5H2,1-3H3,(H,13,14)(H3,10,11,16,17). The predicted octanol–water partition coefficient (Wildman–Crippen LogP) is -0.0464. The fourth-order valence-electron chi connectivity index (χ4n) is 0.888. The minimum atomic E-state index is -4.54. The smallest absolute Gasteiger partial charge is 0.480 e. The van der Waals surface area contributed by atoms with Crippen molar-refractivity contribution in [2.75, 3.05) is 20.4 Å². The molecular formula is C9H18N3O8P. The first-order valence-electron chi connectivity index (χ1n) is 5.63. The zero-order valence-electron chi connectivity index (χ0n) is 11.8. The number of rotatable bonds is 7. The van der Waals surface area contributed by atoms with Crippen molar-refractivity contribution in [3.63, 3.8) is 0 Å². The third-order valence-corrected chi connectivity index (χ3v) is 2.62. The van der Waals surface area contributed by atoms with Gasteiger partial charge in [-0.2, -0.15) is 0 Å². The fraction of sp³-hybridized carbons (Fsp3) is 0.667. The van der Waals surface area contributed by atoms with Gasteiger partial charge in [-0.3, -0.25) is 9.32 Å². The van der Waals surface area contributed by atoms with E-state index < -0.39 is 45.3 Å². The van der Waals surface area contributed by atoms with Crippen LogP contribution in [0.4, 0.5) is 4.79 Å². The minimum absolute atomic E-state index is 0.420. The molecule has 0 aliphatic heterocycles. The molecule has 0 bridgehead atoms. The molecule has 0 fully saturated rings. The van der Waals surface area contributed by atoms with Crippen molar-refractivity contribution in [2.45, 2.75) is 20.0 Å². The van der Waals surface area contributed by atoms with E-state index in [4.69, 9.17) is 10.8 Å². The molecule has 21 heavy (non-hydrogen) atoms. The van der Waals surface area contributed by atoms with Gasteiger partial charge in [0.1, 0.15) is 6.54 Å². The second kappa shape index (κ2) is 8.45. The number of aliphatic carboxylic acids is 1. The van der Waals surface area contributed by atoms with Gasteiger partial charge in [0.15, 0.2) is 0 Å². The highest BCUT2D eigenvalue weighted by atomic mass is 31.2. The maximum absolute atomic E-state index is 11.5. The SMILES string of the molecule is CC(C)OC(=O)OCOP(=O)(O)N=C(N)N(C)CC(=O)O. The van der Waals surface area contributed by atoms with Crippen molar-refractivity contribution in [3.8, 4) is 0 Å². The summed E-state index contributed by atoms with van der Waals surface area (Å²) in [6.45, 7) is 1.77. The first kappa shape index (κ1) is 19.2. The molecule has 0 aliphatic carbocycles. The Balaban J connectivity index is 4.39. The fourth-order valence-corrected chi connectivity index (χ4v) is 1.55. The van der Waals surface area contributed by atoms with Crippen molar-refractivity contribution in [2.24, 2.45) is 10.5 Å². The van der Waals surface area contributed by atoms with Crippen molar-refractivity contribution < 1.29 is 38.2 Å². The quantitative estimate of drug-likeness (QED) is 0.190. The number of carboxylic acids is 1. The van der Waals surface area contributed by atoms with Crippen LogP contribution in [0.3, 0.4) is 0 Å². The second-order valence-corrected chi connectivity index (χ2v) is 5.45. The lowest BCUT2D eigenvalue weighted by atomic mass is 10.5. The maximum atomic E-state index is 11.5. The van der Waals surface area contributed by atoms with Gasteiger partial charge in [0.25, 0.3) is 0 Å². The monoisotopic (exact) mass is 327 g/mol. The average Bonchev–Trinajstić information content (AvgIpc) is 2.25. The number of ether oxygens (including phenoxy) is 2. The van der Waals surface area contributed by atoms with Crippen LogP contribution >= 0.6 is 7.75 Å². The van der Waals surface area contributed by atoms with Gasteiger partial charge in [-0.05, 0) is 13.8 Å². The van der Waals surface area contributed by atoms with E-state index in [1.807, 2.05) is 0 Å². The second-order valence-electron chi connectivity index (χ2n) is 4.01. The summed E-state index contributed by atoms with van der Waals surface area (Å²) in [5.74, 6) is -1.72. The Bertz CT molecular complexity index is 452. The summed E-state index contributed by atoms with van der Waals surface area (Å²) in [5.41, 5.74) is 5.32. The van der Waals surface area contributed by atoms with Crippen molar-refractivity contribution in [1.82, 2.24) is 4.90 Å². The van der Waals surface area contributed by atoms with E-state index in [2.05, 4.69) is 18.8 Å². The zero-order chi connectivity index (χ0) is 16.6. The van der Waals surface area contributed by atoms with Crippen LogP contribution in [0.5, 0.6) is 0 Å². The molecule has 0 heterocycles. The van der Waals surface area contributed by atoms with Gasteiger partial charge in [-0.1, -0.05) is 0 Å². The first-order valence-corrected chi connectivity index (χ1v) is 7.16. The number of nitrogens with two attached hydrogens (primary N) is 1. The Kier molecular flexibility index (Phi) is 7.71. The van der Waals surface area contributed by atoms with Crippen molar-refractivity contribution >= 4 is 25.8 Å². The van der Waals surface area contributed by atoms with Gasteiger partial charge in [-0.25, -0.2) is 9.36 Å². The summed E-state index contributed by atoms with van der Waals surface area (Å²) >= 11 is 0. The van der Waals surface area contributed by atoms with E-state index in [-0.39, 0.29) is 0 Å². The topological polar surface area (TPSA) is 161 Å². The molecule has 1 atom stereocenters. The number of guanidine groups is 1. The lowest BCUT2D eigenvalue weighted by molar-refractivity contribution is -0.137. The van der Waals surface area contributed by atoms with Crippen molar-refractivity contribution in [3.05, 3.63) is 0 Å². The van der Waals surface area contributed by atoms with Gasteiger partial charge in [-0.15, -0.1) is 4.76 Å². The van der Waals surface area contributed by atoms with E-state index in [1.54, 1.807) is 13.8 Å². The number of nitrogens with zero attached hydrogens (tertiary/aromatic N) is 2. The Hall–Kier alpha value is -1.84. The van der Waals surface area contributed by atoms with Crippen LogP contribution in [-0.2, 0) is 23.4 Å². The third kappa shape index (κ3) is 9.66. The molecule has 0 radical (unpaired) electrons. The third-order valence-electron chi connectivity index (χ3n) is 1.72. The first-order chi connectivity index (χ1) is 9.53. The number of hydrogen-bond acceptors (Lipinski definition) is 6. The molecule has 0 rings (SSSR count). The van der Waals surface area contributed by atoms with Crippen LogP contribution in [0.1, 0.15) is 13.8 Å². The molecule has 0 saturated carbocycles. The summed E-state index contributed by atoms with van der Waals surface area (Å²) in [6, 6.07) is 0. The van der Waals surface area contributed by atoms with Gasteiger partial charge in [0.05, 0.1) is 6.10 Å². The molecule has 0 saturated heterocycles. The van der Waals surface area contributed by atoms with Gasteiger partial charge < -0.3 is 30.1 Å². The largest absolute Gasteiger partial charge is 0.510 e. The summed E-state index contributed by atoms with van der Waals surface area (Å²) in [5, 5.41) is 8.52. The molecule has 0 aromatic rings. The molecule has 1 unspecified atom stereocenters. The van der Waals surface area contributed by atoms with E-state index in [0.717, 1.165) is 4.90 Å². The van der Waals surface area contributed by atoms with Crippen LogP contribution in [-0.4, -0.2) is 59.5 Å². The van der Waals surface area contributed by atoms with E-state index in [0.29, 0.717) is 0 Å². The van der Waals surface area contributed by atoms with E-state index in [1.165, 1.54) is 7.05 Å². The highest BCUT2D eigenvalue weighted by Gasteiger charge is 2.22. The normalized spacial score (nSPS) is 14.4. The van der Waals surface area contributed by atoms with Crippen molar-refractivity contribution in [1.29, 1.82) is 0 Å². The Morgan fingerprint density at radius 1 is 1.43 bits per heavy atom. The lowest BCUT2D eigenvalue weighted by Gasteiger charge is -2.16. The number of carbonyl (C=O) groups is 2. The Labute approximate surface area is 120 Å². The van der Waals surface area contributed by atoms with E-state index >= 15 is 0 Å². The van der Waals surface area contributed by atoms with Crippen LogP contribution in [0.15, 0.2) is 4.76 Å². The molecule has 11 nitrogen and oxygen atoms in total. The van der Waals surface area contributed by atoms with E-state index in [9.17, 15) is 19.0 Å². The van der Waals surface area contributed by atoms with Gasteiger partial charge in [0, 0.05) is 7.05 Å².